The minimum absolute atomic E-state index is 0.703. The molecule has 4 nitrogen and oxygen atoms in total. The molecule has 2 aromatic rings. The van der Waals surface area contributed by atoms with E-state index < -0.39 is 0 Å². The number of aromatic nitrogens is 3. The molecule has 0 amide bonds. The van der Waals surface area contributed by atoms with Crippen molar-refractivity contribution in [2.75, 3.05) is 5.73 Å². The highest BCUT2D eigenvalue weighted by atomic mass is 32.1. The lowest BCUT2D eigenvalue weighted by Gasteiger charge is -1.90. The Morgan fingerprint density at radius 2 is 1.92 bits per heavy atom. The molecule has 2 N–H and O–H groups in total. The van der Waals surface area contributed by atoms with E-state index in [1.54, 1.807) is 18.6 Å². The van der Waals surface area contributed by atoms with Crippen molar-refractivity contribution in [1.29, 1.82) is 0 Å². The number of nitrogens with two attached hydrogens (primary N) is 1. The van der Waals surface area contributed by atoms with Crippen molar-refractivity contribution in [3.8, 4) is 10.6 Å². The molecule has 12 heavy (non-hydrogen) atoms. The normalized spacial score (nSPS) is 10.0. The summed E-state index contributed by atoms with van der Waals surface area (Å²) in [6, 6.07) is 0. The van der Waals surface area contributed by atoms with Crippen LogP contribution in [0.15, 0.2) is 24.9 Å². The third-order valence-electron chi connectivity index (χ3n) is 1.33. The molecule has 5 heteroatoms. The van der Waals surface area contributed by atoms with E-state index >= 15 is 0 Å². The number of hydrogen-bond acceptors (Lipinski definition) is 5. The minimum atomic E-state index is 0.703. The monoisotopic (exact) mass is 178 g/mol. The highest BCUT2D eigenvalue weighted by molar-refractivity contribution is 7.18. The second kappa shape index (κ2) is 2.86. The summed E-state index contributed by atoms with van der Waals surface area (Å²) in [4.78, 5) is 11.9. The predicted octanol–water partition coefficient (Wildman–Crippen LogP) is 1.18. The van der Waals surface area contributed by atoms with Gasteiger partial charge in [0.2, 0.25) is 0 Å². The lowest BCUT2D eigenvalue weighted by molar-refractivity contribution is 1.17. The van der Waals surface area contributed by atoms with Gasteiger partial charge in [-0.05, 0) is 0 Å². The second-order valence-electron chi connectivity index (χ2n) is 2.19. The maximum atomic E-state index is 5.53. The van der Waals surface area contributed by atoms with E-state index in [9.17, 15) is 0 Å². The highest BCUT2D eigenvalue weighted by Crippen LogP contribution is 2.24. The zero-order chi connectivity index (χ0) is 8.39. The van der Waals surface area contributed by atoms with Crippen LogP contribution in [0, 0.1) is 0 Å². The fourth-order valence-electron chi connectivity index (χ4n) is 0.830. The van der Waals surface area contributed by atoms with Crippen LogP contribution in [0.5, 0.6) is 0 Å². The van der Waals surface area contributed by atoms with E-state index in [1.807, 2.05) is 0 Å². The quantitative estimate of drug-likeness (QED) is 0.712. The second-order valence-corrected chi connectivity index (χ2v) is 3.26. The molecule has 0 spiro atoms. The minimum Gasteiger partial charge on any atom is -0.389 e. The van der Waals surface area contributed by atoms with Crippen LogP contribution in [0.4, 0.5) is 5.00 Å². The standard InChI is InChI=1S/C7H6N4S/c8-6-3-11-7(12-6)5-1-9-4-10-2-5/h1-4H,8H2. The van der Waals surface area contributed by atoms with Crippen LogP contribution in [-0.2, 0) is 0 Å². The molecule has 0 fully saturated rings. The molecule has 0 radical (unpaired) electrons. The Morgan fingerprint density at radius 3 is 2.50 bits per heavy atom. The fraction of sp³-hybridized carbons (Fsp3) is 0. The van der Waals surface area contributed by atoms with Gasteiger partial charge in [0.1, 0.15) is 16.3 Å². The van der Waals surface area contributed by atoms with Crippen LogP contribution >= 0.6 is 11.3 Å². The fourth-order valence-corrected chi connectivity index (χ4v) is 1.49. The van der Waals surface area contributed by atoms with Gasteiger partial charge < -0.3 is 5.73 Å². The van der Waals surface area contributed by atoms with Crippen LogP contribution in [0.3, 0.4) is 0 Å². The third-order valence-corrected chi connectivity index (χ3v) is 2.21. The molecule has 60 valence electrons. The van der Waals surface area contributed by atoms with Gasteiger partial charge in [-0.15, -0.1) is 0 Å². The van der Waals surface area contributed by atoms with Gasteiger partial charge in [-0.3, -0.25) is 0 Å². The van der Waals surface area contributed by atoms with E-state index in [4.69, 9.17) is 5.73 Å². The number of thiazole rings is 1. The van der Waals surface area contributed by atoms with Crippen LogP contribution in [0.25, 0.3) is 10.6 Å². The molecule has 0 aliphatic heterocycles. The third kappa shape index (κ3) is 1.26. The van der Waals surface area contributed by atoms with Gasteiger partial charge in [-0.2, -0.15) is 0 Å². The van der Waals surface area contributed by atoms with Gasteiger partial charge in [0.15, 0.2) is 0 Å². The number of anilines is 1. The molecule has 0 aliphatic carbocycles. The molecule has 0 aromatic carbocycles. The number of nitrogen functional groups attached to an aromatic ring is 1. The first kappa shape index (κ1) is 7.17. The first-order valence-corrected chi connectivity index (χ1v) is 4.14. The summed E-state index contributed by atoms with van der Waals surface area (Å²) in [5.41, 5.74) is 6.43. The molecule has 0 saturated heterocycles. The smallest absolute Gasteiger partial charge is 0.128 e. The van der Waals surface area contributed by atoms with Crippen molar-refractivity contribution >= 4 is 16.3 Å². The first-order valence-electron chi connectivity index (χ1n) is 3.33. The summed E-state index contributed by atoms with van der Waals surface area (Å²) in [7, 11) is 0. The summed E-state index contributed by atoms with van der Waals surface area (Å²) in [6.07, 6.45) is 6.55. The van der Waals surface area contributed by atoms with Crippen molar-refractivity contribution in [3.05, 3.63) is 24.9 Å². The van der Waals surface area contributed by atoms with E-state index in [0.29, 0.717) is 5.00 Å². The molecular formula is C7H6N4S. The summed E-state index contributed by atoms with van der Waals surface area (Å²) in [5.74, 6) is 0. The Morgan fingerprint density at radius 1 is 1.17 bits per heavy atom. The summed E-state index contributed by atoms with van der Waals surface area (Å²) in [6.45, 7) is 0. The van der Waals surface area contributed by atoms with Gasteiger partial charge in [0.05, 0.1) is 6.20 Å². The predicted molar refractivity (Wildman–Crippen MR) is 47.6 cm³/mol. The van der Waals surface area contributed by atoms with Crippen LogP contribution in [0.2, 0.25) is 0 Å². The first-order chi connectivity index (χ1) is 5.86. The number of rotatable bonds is 1. The highest BCUT2D eigenvalue weighted by Gasteiger charge is 2.01. The summed E-state index contributed by atoms with van der Waals surface area (Å²) < 4.78 is 0. The van der Waals surface area contributed by atoms with Crippen molar-refractivity contribution in [2.24, 2.45) is 0 Å². The van der Waals surface area contributed by atoms with E-state index in [1.165, 1.54) is 17.7 Å². The van der Waals surface area contributed by atoms with Crippen molar-refractivity contribution in [3.63, 3.8) is 0 Å². The van der Waals surface area contributed by atoms with Crippen LogP contribution in [0.1, 0.15) is 0 Å². The van der Waals surface area contributed by atoms with Gasteiger partial charge in [-0.1, -0.05) is 11.3 Å². The van der Waals surface area contributed by atoms with Gasteiger partial charge in [0, 0.05) is 18.0 Å². The average molecular weight is 178 g/mol. The molecule has 0 unspecified atom stereocenters. The van der Waals surface area contributed by atoms with Gasteiger partial charge >= 0.3 is 0 Å². The number of hydrogen-bond donors (Lipinski definition) is 1. The molecule has 0 atom stereocenters. The van der Waals surface area contributed by atoms with E-state index in [0.717, 1.165) is 10.6 Å². The Bertz CT molecular complexity index is 370. The molecule has 2 heterocycles. The Balaban J connectivity index is 2.45. The molecule has 2 aromatic heterocycles. The van der Waals surface area contributed by atoms with E-state index in [-0.39, 0.29) is 0 Å². The lowest BCUT2D eigenvalue weighted by atomic mass is 10.4. The summed E-state index contributed by atoms with van der Waals surface area (Å²) in [5, 5.41) is 1.56. The Hall–Kier alpha value is -1.49. The molecule has 0 saturated carbocycles. The van der Waals surface area contributed by atoms with Crippen LogP contribution < -0.4 is 5.73 Å². The Labute approximate surface area is 73.1 Å². The Kier molecular flexibility index (Phi) is 1.71. The van der Waals surface area contributed by atoms with Gasteiger partial charge in [0.25, 0.3) is 0 Å². The number of nitrogens with zero attached hydrogens (tertiary/aromatic N) is 3. The maximum absolute atomic E-state index is 5.53. The molecule has 2 rings (SSSR count). The SMILES string of the molecule is Nc1cnc(-c2cncnc2)s1. The van der Waals surface area contributed by atoms with Crippen molar-refractivity contribution in [2.45, 2.75) is 0 Å². The summed E-state index contributed by atoms with van der Waals surface area (Å²) >= 11 is 1.43. The zero-order valence-corrected chi connectivity index (χ0v) is 6.95. The molecule has 0 bridgehead atoms. The van der Waals surface area contributed by atoms with Gasteiger partial charge in [-0.25, -0.2) is 15.0 Å². The van der Waals surface area contributed by atoms with Crippen molar-refractivity contribution < 1.29 is 0 Å². The van der Waals surface area contributed by atoms with Crippen LogP contribution in [-0.4, -0.2) is 15.0 Å². The van der Waals surface area contributed by atoms with E-state index in [2.05, 4.69) is 15.0 Å². The average Bonchev–Trinajstić information content (AvgIpc) is 2.54. The molecular weight excluding hydrogens is 172 g/mol. The molecule has 0 aliphatic rings. The zero-order valence-electron chi connectivity index (χ0n) is 6.14. The lowest BCUT2D eigenvalue weighted by Crippen LogP contribution is -1.79. The topological polar surface area (TPSA) is 64.7 Å². The maximum Gasteiger partial charge on any atom is 0.128 e. The largest absolute Gasteiger partial charge is 0.389 e. The van der Waals surface area contributed by atoms with Crippen molar-refractivity contribution in [1.82, 2.24) is 15.0 Å².